The Morgan fingerprint density at radius 2 is 1.62 bits per heavy atom. The summed E-state index contributed by atoms with van der Waals surface area (Å²) in [6.45, 7) is 6.84. The van der Waals surface area contributed by atoms with Gasteiger partial charge in [0.15, 0.2) is 0 Å². The van der Waals surface area contributed by atoms with Crippen molar-refractivity contribution >= 4 is 11.9 Å². The first-order chi connectivity index (χ1) is 21.9. The molecule has 1 aliphatic heterocycles. The zero-order valence-corrected chi connectivity index (χ0v) is 27.8. The number of hydrogen-bond acceptors (Lipinski definition) is 5. The minimum Gasteiger partial charge on any atom is -0.461 e. The van der Waals surface area contributed by atoms with Crippen molar-refractivity contribution in [3.05, 3.63) is 65.2 Å². The lowest BCUT2D eigenvalue weighted by atomic mass is 9.52. The molecule has 3 aliphatic carbocycles. The second-order valence-electron chi connectivity index (χ2n) is 14.9. The molecule has 6 rings (SSSR count). The van der Waals surface area contributed by atoms with Crippen molar-refractivity contribution < 1.29 is 19.1 Å². The van der Waals surface area contributed by atoms with Crippen LogP contribution in [0.2, 0.25) is 0 Å². The van der Waals surface area contributed by atoms with E-state index < -0.39 is 0 Å². The Balaban J connectivity index is 0.942. The molecule has 0 radical (unpaired) electrons. The van der Waals surface area contributed by atoms with E-state index >= 15 is 0 Å². The molecule has 5 atom stereocenters. The number of piperidine rings is 1. The minimum atomic E-state index is -0.120. The van der Waals surface area contributed by atoms with Crippen molar-refractivity contribution in [3.63, 3.8) is 0 Å². The lowest BCUT2D eigenvalue weighted by Gasteiger charge is -2.59. The summed E-state index contributed by atoms with van der Waals surface area (Å²) in [5.74, 6) is 1.99. The smallest absolute Gasteiger partial charge is 0.314 e. The molecule has 2 bridgehead atoms. The summed E-state index contributed by atoms with van der Waals surface area (Å²) in [4.78, 5) is 28.3. The molecule has 0 aromatic heterocycles. The number of carbonyl (C=O) groups is 2. The highest BCUT2D eigenvalue weighted by molar-refractivity contribution is 5.75. The van der Waals surface area contributed by atoms with Crippen LogP contribution in [0.15, 0.2) is 48.5 Å². The van der Waals surface area contributed by atoms with Gasteiger partial charge in [-0.2, -0.15) is 0 Å². The molecule has 5 heteroatoms. The molecule has 1 saturated heterocycles. The lowest BCUT2D eigenvalue weighted by molar-refractivity contribution is -0.149. The number of esters is 2. The van der Waals surface area contributed by atoms with Gasteiger partial charge in [0.05, 0.1) is 11.8 Å². The number of unbranched alkanes of at least 4 members (excludes halogenated alkanes) is 3. The van der Waals surface area contributed by atoms with Crippen molar-refractivity contribution in [3.8, 4) is 5.75 Å². The molecule has 0 spiro atoms. The fourth-order valence-corrected chi connectivity index (χ4v) is 8.94. The summed E-state index contributed by atoms with van der Waals surface area (Å²) >= 11 is 0. The van der Waals surface area contributed by atoms with Crippen LogP contribution in [-0.2, 0) is 32.8 Å². The van der Waals surface area contributed by atoms with Gasteiger partial charge in [0, 0.05) is 18.0 Å². The number of rotatable bonds is 14. The van der Waals surface area contributed by atoms with E-state index in [1.54, 1.807) is 0 Å². The van der Waals surface area contributed by atoms with Crippen molar-refractivity contribution in [1.29, 1.82) is 0 Å². The van der Waals surface area contributed by atoms with Crippen LogP contribution in [0.3, 0.4) is 0 Å². The number of ether oxygens (including phenoxy) is 2. The molecular weight excluding hydrogens is 558 g/mol. The Hall–Kier alpha value is -2.66. The number of fused-ring (bicyclic) bond motifs is 1. The lowest BCUT2D eigenvalue weighted by Crippen LogP contribution is -2.61. The topological polar surface area (TPSA) is 55.8 Å². The molecule has 244 valence electrons. The monoisotopic (exact) mass is 613 g/mol. The molecule has 3 fully saturated rings. The highest BCUT2D eigenvalue weighted by Gasteiger charge is 2.54. The zero-order chi connectivity index (χ0) is 31.2. The zero-order valence-electron chi connectivity index (χ0n) is 27.8. The molecule has 2 unspecified atom stereocenters. The van der Waals surface area contributed by atoms with Crippen molar-refractivity contribution in [1.82, 2.24) is 4.90 Å². The Morgan fingerprint density at radius 1 is 0.867 bits per heavy atom. The van der Waals surface area contributed by atoms with E-state index in [1.165, 1.54) is 75.6 Å². The summed E-state index contributed by atoms with van der Waals surface area (Å²) in [6, 6.07) is 17.1. The van der Waals surface area contributed by atoms with Crippen LogP contribution in [0, 0.1) is 23.7 Å². The summed E-state index contributed by atoms with van der Waals surface area (Å²) in [5, 5.41) is 0. The SMILES string of the molecule is CC(CCCCCCC(C)C(=O)Oc1ccc2c(c1)[C@@]13CCCC[C@H]1[C@@H](C2)N(CC1CCC1)CC3)C(=O)OCc1ccccc1. The number of carbonyl (C=O) groups excluding carboxylic acids is 2. The summed E-state index contributed by atoms with van der Waals surface area (Å²) < 4.78 is 11.5. The van der Waals surface area contributed by atoms with Gasteiger partial charge < -0.3 is 9.47 Å². The fraction of sp³-hybridized carbons (Fsp3) is 0.650. The van der Waals surface area contributed by atoms with Gasteiger partial charge in [-0.05, 0) is 98.6 Å². The van der Waals surface area contributed by atoms with Gasteiger partial charge in [0.2, 0.25) is 0 Å². The average Bonchev–Trinajstić information content (AvgIpc) is 3.04. The molecule has 0 amide bonds. The van der Waals surface area contributed by atoms with Crippen molar-refractivity contribution in [2.45, 2.75) is 128 Å². The molecule has 2 aromatic rings. The van der Waals surface area contributed by atoms with Crippen molar-refractivity contribution in [2.75, 3.05) is 13.1 Å². The largest absolute Gasteiger partial charge is 0.461 e. The predicted molar refractivity (Wildman–Crippen MR) is 179 cm³/mol. The van der Waals surface area contributed by atoms with E-state index in [0.29, 0.717) is 12.6 Å². The Labute approximate surface area is 271 Å². The summed E-state index contributed by atoms with van der Waals surface area (Å²) in [6.07, 6.45) is 17.8. The van der Waals surface area contributed by atoms with Crippen LogP contribution in [0.25, 0.3) is 0 Å². The molecule has 2 saturated carbocycles. The number of likely N-dealkylation sites (tertiary alicyclic amines) is 1. The number of nitrogens with zero attached hydrogens (tertiary/aromatic N) is 1. The molecule has 5 nitrogen and oxygen atoms in total. The molecule has 4 aliphatic rings. The third kappa shape index (κ3) is 7.50. The number of benzene rings is 2. The second-order valence-corrected chi connectivity index (χ2v) is 14.9. The highest BCUT2D eigenvalue weighted by atomic mass is 16.5. The fourth-order valence-electron chi connectivity index (χ4n) is 8.94. The maximum atomic E-state index is 13.1. The van der Waals surface area contributed by atoms with E-state index in [9.17, 15) is 9.59 Å². The van der Waals surface area contributed by atoms with Crippen LogP contribution >= 0.6 is 0 Å². The standard InChI is InChI=1S/C40H55NO4/c1-29(38(42)44-28-32-15-8-5-9-16-32)13-6-3-4-7-14-30(2)39(43)45-34-21-20-33-25-37-35-19-10-11-22-40(35,36(33)26-34)23-24-41(37)27-31-17-12-18-31/h5,8-9,15-16,20-21,26,29-31,35,37H,3-4,6-7,10-14,17-19,22-25,27-28H2,1-2H3/t29?,30?,35-,37+,40+/m0/s1. The van der Waals surface area contributed by atoms with Gasteiger partial charge >= 0.3 is 11.9 Å². The molecule has 0 N–H and O–H groups in total. The summed E-state index contributed by atoms with van der Waals surface area (Å²) in [5.41, 5.74) is 4.30. The molecule has 1 heterocycles. The highest BCUT2D eigenvalue weighted by Crippen LogP contribution is 2.56. The van der Waals surface area contributed by atoms with Gasteiger partial charge in [-0.15, -0.1) is 0 Å². The second kappa shape index (κ2) is 14.8. The molecule has 45 heavy (non-hydrogen) atoms. The maximum absolute atomic E-state index is 13.1. The predicted octanol–water partition coefficient (Wildman–Crippen LogP) is 8.81. The van der Waals surface area contributed by atoms with Crippen LogP contribution in [0.1, 0.15) is 120 Å². The van der Waals surface area contributed by atoms with Crippen LogP contribution in [0.5, 0.6) is 5.75 Å². The normalized spacial score (nSPS) is 25.7. The third-order valence-electron chi connectivity index (χ3n) is 11.9. The van der Waals surface area contributed by atoms with Gasteiger partial charge in [0.25, 0.3) is 0 Å². The van der Waals surface area contributed by atoms with E-state index in [-0.39, 0.29) is 29.2 Å². The summed E-state index contributed by atoms with van der Waals surface area (Å²) in [7, 11) is 0. The van der Waals surface area contributed by atoms with Gasteiger partial charge in [0.1, 0.15) is 12.4 Å². The van der Waals surface area contributed by atoms with Gasteiger partial charge in [-0.1, -0.05) is 95.2 Å². The van der Waals surface area contributed by atoms with Crippen LogP contribution < -0.4 is 4.74 Å². The van der Waals surface area contributed by atoms with E-state index in [4.69, 9.17) is 9.47 Å². The average molecular weight is 614 g/mol. The Kier molecular flexibility index (Phi) is 10.6. The molecular formula is C40H55NO4. The van der Waals surface area contributed by atoms with Crippen molar-refractivity contribution in [2.24, 2.45) is 23.7 Å². The first kappa shape index (κ1) is 32.3. The number of hydrogen-bond donors (Lipinski definition) is 0. The third-order valence-corrected chi connectivity index (χ3v) is 11.9. The molecule has 2 aromatic carbocycles. The van der Waals surface area contributed by atoms with E-state index in [1.807, 2.05) is 44.2 Å². The quantitative estimate of drug-likeness (QED) is 0.121. The minimum absolute atomic E-state index is 0.0894. The Bertz CT molecular complexity index is 1290. The van der Waals surface area contributed by atoms with Gasteiger partial charge in [-0.25, -0.2) is 0 Å². The maximum Gasteiger partial charge on any atom is 0.314 e. The van der Waals surface area contributed by atoms with E-state index in [2.05, 4.69) is 23.1 Å². The van der Waals surface area contributed by atoms with Crippen LogP contribution in [-0.4, -0.2) is 36.0 Å². The first-order valence-electron chi connectivity index (χ1n) is 18.2. The van der Waals surface area contributed by atoms with Gasteiger partial charge in [-0.3, -0.25) is 14.5 Å². The van der Waals surface area contributed by atoms with E-state index in [0.717, 1.165) is 68.1 Å². The first-order valence-corrected chi connectivity index (χ1v) is 18.2. The Morgan fingerprint density at radius 3 is 2.36 bits per heavy atom. The van der Waals surface area contributed by atoms with Crippen LogP contribution in [0.4, 0.5) is 0 Å².